The molecule has 1 atom stereocenters. The number of rotatable bonds is 6. The Balaban J connectivity index is 2.45. The number of H-pyrrole nitrogens is 1. The van der Waals surface area contributed by atoms with Gasteiger partial charge in [0.15, 0.2) is 5.03 Å². The molecule has 0 saturated heterocycles. The first kappa shape index (κ1) is 12.2. The summed E-state index contributed by atoms with van der Waals surface area (Å²) in [6, 6.07) is 1.44. The fourth-order valence-corrected chi connectivity index (χ4v) is 2.01. The van der Waals surface area contributed by atoms with E-state index in [1.54, 1.807) is 0 Å². The van der Waals surface area contributed by atoms with E-state index in [0.29, 0.717) is 13.0 Å². The predicted octanol–water partition coefficient (Wildman–Crippen LogP) is -0.185. The maximum Gasteiger partial charge on any atom is 0.257 e. The summed E-state index contributed by atoms with van der Waals surface area (Å²) in [4.78, 5) is 0. The second kappa shape index (κ2) is 5.24. The number of nitrogens with one attached hydrogen (secondary N) is 2. The van der Waals surface area contributed by atoms with Crippen LogP contribution in [0.1, 0.15) is 19.8 Å². The molecule has 6 nitrogen and oxygen atoms in total. The highest BCUT2D eigenvalue weighted by molar-refractivity contribution is 7.89. The average molecular weight is 232 g/mol. The van der Waals surface area contributed by atoms with Crippen molar-refractivity contribution in [3.63, 3.8) is 0 Å². The van der Waals surface area contributed by atoms with E-state index in [9.17, 15) is 8.42 Å². The van der Waals surface area contributed by atoms with E-state index in [4.69, 9.17) is 5.73 Å². The minimum atomic E-state index is -3.44. The Morgan fingerprint density at radius 3 is 2.93 bits per heavy atom. The van der Waals surface area contributed by atoms with Crippen molar-refractivity contribution in [2.24, 2.45) is 5.73 Å². The molecule has 1 aromatic heterocycles. The zero-order valence-corrected chi connectivity index (χ0v) is 9.42. The maximum atomic E-state index is 11.5. The molecule has 86 valence electrons. The molecule has 0 fully saturated rings. The second-order valence-electron chi connectivity index (χ2n) is 3.28. The van der Waals surface area contributed by atoms with Crippen LogP contribution >= 0.6 is 0 Å². The molecule has 0 bridgehead atoms. The van der Waals surface area contributed by atoms with Crippen molar-refractivity contribution >= 4 is 10.0 Å². The van der Waals surface area contributed by atoms with Gasteiger partial charge in [-0.3, -0.25) is 5.10 Å². The third-order valence-corrected chi connectivity index (χ3v) is 3.49. The second-order valence-corrected chi connectivity index (χ2v) is 5.01. The van der Waals surface area contributed by atoms with Crippen molar-refractivity contribution in [1.82, 2.24) is 14.9 Å². The summed E-state index contributed by atoms with van der Waals surface area (Å²) in [5, 5.41) is 6.05. The minimum absolute atomic E-state index is 0.0365. The van der Waals surface area contributed by atoms with E-state index in [1.807, 2.05) is 6.92 Å². The zero-order chi connectivity index (χ0) is 11.3. The number of nitrogens with zero attached hydrogens (tertiary/aromatic N) is 1. The fourth-order valence-electron chi connectivity index (χ4n) is 1.05. The SMILES string of the molecule is CCC(N)CCNS(=O)(=O)c1ccn[nH]1. The third kappa shape index (κ3) is 3.61. The highest BCUT2D eigenvalue weighted by Gasteiger charge is 2.14. The van der Waals surface area contributed by atoms with Gasteiger partial charge in [0.05, 0.1) is 6.20 Å². The monoisotopic (exact) mass is 232 g/mol. The van der Waals surface area contributed by atoms with Crippen LogP contribution in [0.5, 0.6) is 0 Å². The van der Waals surface area contributed by atoms with Crippen molar-refractivity contribution in [2.75, 3.05) is 6.54 Å². The summed E-state index contributed by atoms with van der Waals surface area (Å²) in [5.74, 6) is 0. The molecule has 0 radical (unpaired) electrons. The van der Waals surface area contributed by atoms with E-state index in [1.165, 1.54) is 12.3 Å². The molecule has 0 aliphatic rings. The van der Waals surface area contributed by atoms with E-state index < -0.39 is 10.0 Å². The van der Waals surface area contributed by atoms with E-state index in [-0.39, 0.29) is 11.1 Å². The van der Waals surface area contributed by atoms with Crippen molar-refractivity contribution in [3.05, 3.63) is 12.3 Å². The third-order valence-electron chi connectivity index (χ3n) is 2.10. The van der Waals surface area contributed by atoms with Crippen molar-refractivity contribution in [2.45, 2.75) is 30.8 Å². The van der Waals surface area contributed by atoms with Gasteiger partial charge in [0.1, 0.15) is 0 Å². The number of aromatic amines is 1. The molecular formula is C8H16N4O2S. The van der Waals surface area contributed by atoms with E-state index >= 15 is 0 Å². The molecule has 0 amide bonds. The van der Waals surface area contributed by atoms with Crippen LogP contribution in [0.4, 0.5) is 0 Å². The lowest BCUT2D eigenvalue weighted by Gasteiger charge is -2.08. The van der Waals surface area contributed by atoms with Crippen LogP contribution < -0.4 is 10.5 Å². The summed E-state index contributed by atoms with van der Waals surface area (Å²) >= 11 is 0. The fraction of sp³-hybridized carbons (Fsp3) is 0.625. The van der Waals surface area contributed by atoms with Gasteiger partial charge in [0.25, 0.3) is 10.0 Å². The van der Waals surface area contributed by atoms with Crippen molar-refractivity contribution in [1.29, 1.82) is 0 Å². The highest BCUT2D eigenvalue weighted by Crippen LogP contribution is 2.02. The van der Waals surface area contributed by atoms with E-state index in [0.717, 1.165) is 6.42 Å². The Morgan fingerprint density at radius 2 is 2.40 bits per heavy atom. The number of sulfonamides is 1. The minimum Gasteiger partial charge on any atom is -0.328 e. The summed E-state index contributed by atoms with van der Waals surface area (Å²) in [6.07, 6.45) is 2.86. The Morgan fingerprint density at radius 1 is 1.67 bits per heavy atom. The van der Waals surface area contributed by atoms with Crippen LogP contribution in [-0.4, -0.2) is 31.2 Å². The van der Waals surface area contributed by atoms with Gasteiger partial charge < -0.3 is 5.73 Å². The van der Waals surface area contributed by atoms with Crippen LogP contribution in [0.15, 0.2) is 17.3 Å². The molecule has 0 aliphatic heterocycles. The van der Waals surface area contributed by atoms with Gasteiger partial charge >= 0.3 is 0 Å². The van der Waals surface area contributed by atoms with Gasteiger partial charge in [-0.15, -0.1) is 0 Å². The van der Waals surface area contributed by atoms with Crippen LogP contribution in [-0.2, 0) is 10.0 Å². The topological polar surface area (TPSA) is 101 Å². The quantitative estimate of drug-likeness (QED) is 0.633. The summed E-state index contributed by atoms with van der Waals surface area (Å²) < 4.78 is 25.5. The van der Waals surface area contributed by atoms with Gasteiger partial charge in [0.2, 0.25) is 0 Å². The van der Waals surface area contributed by atoms with Gasteiger partial charge in [-0.2, -0.15) is 5.10 Å². The Hall–Kier alpha value is -0.920. The summed E-state index contributed by atoms with van der Waals surface area (Å²) in [7, 11) is -3.44. The first-order chi connectivity index (χ1) is 7.06. The molecule has 1 rings (SSSR count). The lowest BCUT2D eigenvalue weighted by molar-refractivity contribution is 0.555. The standard InChI is InChI=1S/C8H16N4O2S/c1-2-7(9)3-6-11-15(13,14)8-4-5-10-12-8/h4-5,7,11H,2-3,6,9H2,1H3,(H,10,12). The molecular weight excluding hydrogens is 216 g/mol. The molecule has 0 aliphatic carbocycles. The maximum absolute atomic E-state index is 11.5. The van der Waals surface area contributed by atoms with Gasteiger partial charge in [-0.1, -0.05) is 6.92 Å². The molecule has 4 N–H and O–H groups in total. The van der Waals surface area contributed by atoms with Gasteiger partial charge in [-0.05, 0) is 18.9 Å². The molecule has 0 aromatic carbocycles. The Labute approximate surface area is 89.3 Å². The normalized spacial score (nSPS) is 14.0. The predicted molar refractivity (Wildman–Crippen MR) is 56.7 cm³/mol. The van der Waals surface area contributed by atoms with Crippen LogP contribution in [0.25, 0.3) is 0 Å². The molecule has 1 aromatic rings. The number of aromatic nitrogens is 2. The lowest BCUT2D eigenvalue weighted by atomic mass is 10.2. The first-order valence-electron chi connectivity index (χ1n) is 4.81. The van der Waals surface area contributed by atoms with Crippen molar-refractivity contribution in [3.8, 4) is 0 Å². The van der Waals surface area contributed by atoms with Crippen LogP contribution in [0.3, 0.4) is 0 Å². The summed E-state index contributed by atoms with van der Waals surface area (Å²) in [5.41, 5.74) is 5.67. The highest BCUT2D eigenvalue weighted by atomic mass is 32.2. The average Bonchev–Trinajstić information content (AvgIpc) is 2.70. The molecule has 15 heavy (non-hydrogen) atoms. The van der Waals surface area contributed by atoms with E-state index in [2.05, 4.69) is 14.9 Å². The smallest absolute Gasteiger partial charge is 0.257 e. The molecule has 0 spiro atoms. The largest absolute Gasteiger partial charge is 0.328 e. The molecule has 0 saturated carbocycles. The summed E-state index contributed by atoms with van der Waals surface area (Å²) in [6.45, 7) is 2.31. The van der Waals surface area contributed by atoms with Crippen LogP contribution in [0.2, 0.25) is 0 Å². The Bertz CT molecular complexity index is 373. The Kier molecular flexibility index (Phi) is 4.25. The number of nitrogens with two attached hydrogens (primary N) is 1. The van der Waals surface area contributed by atoms with Crippen molar-refractivity contribution < 1.29 is 8.42 Å². The van der Waals surface area contributed by atoms with Gasteiger partial charge in [0, 0.05) is 12.6 Å². The zero-order valence-electron chi connectivity index (χ0n) is 8.60. The molecule has 7 heteroatoms. The molecule has 1 heterocycles. The number of hydrogen-bond donors (Lipinski definition) is 3. The number of hydrogen-bond acceptors (Lipinski definition) is 4. The van der Waals surface area contributed by atoms with Crippen LogP contribution in [0, 0.1) is 0 Å². The molecule has 1 unspecified atom stereocenters. The lowest BCUT2D eigenvalue weighted by Crippen LogP contribution is -2.30. The van der Waals surface area contributed by atoms with Gasteiger partial charge in [-0.25, -0.2) is 13.1 Å². The first-order valence-corrected chi connectivity index (χ1v) is 6.29.